The second-order valence-corrected chi connectivity index (χ2v) is 7.52. The van der Waals surface area contributed by atoms with Crippen molar-refractivity contribution in [1.82, 2.24) is 0 Å². The standard InChI is InChI=1S/C15H22O4/c1-2-13-3-10-4-14(7-13,6-11(16)17)9-15(5-10,8-13)12(18)19/h10H,2-9H2,1H3,(H,16,17)(H,18,19). The molecule has 4 atom stereocenters. The summed E-state index contributed by atoms with van der Waals surface area (Å²) in [4.78, 5) is 23.0. The van der Waals surface area contributed by atoms with Gasteiger partial charge >= 0.3 is 11.9 Å². The summed E-state index contributed by atoms with van der Waals surface area (Å²) in [6.45, 7) is 2.14. The summed E-state index contributed by atoms with van der Waals surface area (Å²) in [5.74, 6) is -1.04. The third-order valence-electron chi connectivity index (χ3n) is 6.03. The monoisotopic (exact) mass is 266 g/mol. The summed E-state index contributed by atoms with van der Waals surface area (Å²) < 4.78 is 0. The van der Waals surface area contributed by atoms with E-state index in [0.29, 0.717) is 12.3 Å². The Hall–Kier alpha value is -1.06. The molecule has 0 radical (unpaired) electrons. The Bertz CT molecular complexity index is 445. The Kier molecular flexibility index (Phi) is 2.55. The van der Waals surface area contributed by atoms with Gasteiger partial charge < -0.3 is 10.2 Å². The van der Waals surface area contributed by atoms with Crippen LogP contribution in [0.5, 0.6) is 0 Å². The van der Waals surface area contributed by atoms with Gasteiger partial charge in [-0.15, -0.1) is 0 Å². The average molecular weight is 266 g/mol. The number of hydrogen-bond donors (Lipinski definition) is 2. The van der Waals surface area contributed by atoms with Crippen LogP contribution in [-0.4, -0.2) is 22.2 Å². The largest absolute Gasteiger partial charge is 0.481 e. The van der Waals surface area contributed by atoms with Gasteiger partial charge in [-0.2, -0.15) is 0 Å². The predicted molar refractivity (Wildman–Crippen MR) is 68.7 cm³/mol. The number of aliphatic carboxylic acids is 2. The Morgan fingerprint density at radius 2 is 1.68 bits per heavy atom. The molecular formula is C15H22O4. The van der Waals surface area contributed by atoms with Crippen molar-refractivity contribution in [1.29, 1.82) is 0 Å². The lowest BCUT2D eigenvalue weighted by molar-refractivity contribution is -0.195. The van der Waals surface area contributed by atoms with Crippen LogP contribution in [0, 0.1) is 22.2 Å². The highest BCUT2D eigenvalue weighted by atomic mass is 16.4. The van der Waals surface area contributed by atoms with Gasteiger partial charge in [0.1, 0.15) is 0 Å². The smallest absolute Gasteiger partial charge is 0.309 e. The lowest BCUT2D eigenvalue weighted by Gasteiger charge is -2.65. The van der Waals surface area contributed by atoms with Gasteiger partial charge in [0.25, 0.3) is 0 Å². The van der Waals surface area contributed by atoms with E-state index in [-0.39, 0.29) is 17.3 Å². The summed E-state index contributed by atoms with van der Waals surface area (Å²) in [5, 5.41) is 18.9. The molecule has 4 saturated carbocycles. The van der Waals surface area contributed by atoms with E-state index >= 15 is 0 Å². The molecule has 0 heterocycles. The van der Waals surface area contributed by atoms with Crippen LogP contribution in [0.4, 0.5) is 0 Å². The molecule has 106 valence electrons. The zero-order valence-electron chi connectivity index (χ0n) is 11.4. The van der Waals surface area contributed by atoms with Crippen molar-refractivity contribution in [2.24, 2.45) is 22.2 Å². The molecule has 0 aromatic rings. The average Bonchev–Trinajstić information content (AvgIpc) is 2.25. The highest BCUT2D eigenvalue weighted by Crippen LogP contribution is 2.71. The third kappa shape index (κ3) is 1.79. The first-order chi connectivity index (χ1) is 8.83. The normalized spacial score (nSPS) is 47.3. The molecule has 0 aromatic carbocycles. The van der Waals surface area contributed by atoms with Crippen molar-refractivity contribution < 1.29 is 19.8 Å². The molecule has 4 unspecified atom stereocenters. The highest BCUT2D eigenvalue weighted by molar-refractivity contribution is 5.76. The molecule has 0 aliphatic heterocycles. The van der Waals surface area contributed by atoms with E-state index in [0.717, 1.165) is 38.5 Å². The molecule has 4 aliphatic rings. The molecule has 0 amide bonds. The summed E-state index contributed by atoms with van der Waals surface area (Å²) in [6.07, 6.45) is 6.22. The maximum Gasteiger partial charge on any atom is 0.309 e. The van der Waals surface area contributed by atoms with E-state index in [1.54, 1.807) is 0 Å². The quantitative estimate of drug-likeness (QED) is 0.820. The van der Waals surface area contributed by atoms with Gasteiger partial charge in [0.15, 0.2) is 0 Å². The number of rotatable bonds is 4. The molecule has 4 rings (SSSR count). The summed E-state index contributed by atoms with van der Waals surface area (Å²) >= 11 is 0. The van der Waals surface area contributed by atoms with Crippen molar-refractivity contribution in [3.05, 3.63) is 0 Å². The van der Waals surface area contributed by atoms with Crippen LogP contribution >= 0.6 is 0 Å². The minimum atomic E-state index is -0.770. The van der Waals surface area contributed by atoms with Gasteiger partial charge in [0.05, 0.1) is 11.8 Å². The van der Waals surface area contributed by atoms with Crippen LogP contribution in [0.1, 0.15) is 58.3 Å². The van der Waals surface area contributed by atoms with E-state index < -0.39 is 17.4 Å². The van der Waals surface area contributed by atoms with E-state index in [2.05, 4.69) is 6.92 Å². The van der Waals surface area contributed by atoms with Crippen LogP contribution in [-0.2, 0) is 9.59 Å². The Balaban J connectivity index is 2.01. The summed E-state index contributed by atoms with van der Waals surface area (Å²) in [7, 11) is 0. The maximum atomic E-state index is 11.8. The van der Waals surface area contributed by atoms with Gasteiger partial charge in [-0.1, -0.05) is 13.3 Å². The van der Waals surface area contributed by atoms with Crippen LogP contribution in [0.3, 0.4) is 0 Å². The second-order valence-electron chi connectivity index (χ2n) is 7.52. The van der Waals surface area contributed by atoms with Crippen LogP contribution in [0.15, 0.2) is 0 Å². The van der Waals surface area contributed by atoms with Crippen molar-refractivity contribution in [2.45, 2.75) is 58.3 Å². The number of hydrogen-bond acceptors (Lipinski definition) is 2. The molecule has 0 aromatic heterocycles. The van der Waals surface area contributed by atoms with Crippen molar-refractivity contribution in [3.8, 4) is 0 Å². The van der Waals surface area contributed by atoms with Gasteiger partial charge in [-0.05, 0) is 55.3 Å². The predicted octanol–water partition coefficient (Wildman–Crippen LogP) is 2.91. The molecule has 4 heteroatoms. The van der Waals surface area contributed by atoms with E-state index in [4.69, 9.17) is 0 Å². The molecule has 4 fully saturated rings. The van der Waals surface area contributed by atoms with Gasteiger partial charge in [-0.3, -0.25) is 9.59 Å². The molecule has 19 heavy (non-hydrogen) atoms. The minimum absolute atomic E-state index is 0.0905. The molecule has 2 N–H and O–H groups in total. The molecule has 4 bridgehead atoms. The zero-order chi connectivity index (χ0) is 13.9. The number of carboxylic acid groups (broad SMARTS) is 2. The van der Waals surface area contributed by atoms with Crippen LogP contribution in [0.2, 0.25) is 0 Å². The SMILES string of the molecule is CCC12CC3CC(CC(=O)O)(C1)CC(C(=O)O)(C3)C2. The first kappa shape index (κ1) is 12.9. The fourth-order valence-electron chi connectivity index (χ4n) is 6.00. The van der Waals surface area contributed by atoms with Crippen molar-refractivity contribution in [2.75, 3.05) is 0 Å². The van der Waals surface area contributed by atoms with Gasteiger partial charge in [0.2, 0.25) is 0 Å². The lowest BCUT2D eigenvalue weighted by Crippen LogP contribution is -2.59. The van der Waals surface area contributed by atoms with Crippen molar-refractivity contribution in [3.63, 3.8) is 0 Å². The second kappa shape index (κ2) is 3.74. The Morgan fingerprint density at radius 1 is 1.05 bits per heavy atom. The lowest BCUT2D eigenvalue weighted by atomic mass is 9.38. The van der Waals surface area contributed by atoms with Crippen LogP contribution in [0.25, 0.3) is 0 Å². The Labute approximate surface area is 113 Å². The number of carboxylic acids is 2. The fourth-order valence-corrected chi connectivity index (χ4v) is 6.00. The molecule has 4 aliphatic carbocycles. The van der Waals surface area contributed by atoms with Gasteiger partial charge in [0, 0.05) is 0 Å². The minimum Gasteiger partial charge on any atom is -0.481 e. The van der Waals surface area contributed by atoms with Crippen LogP contribution < -0.4 is 0 Å². The highest BCUT2D eigenvalue weighted by Gasteiger charge is 2.65. The summed E-state index contributed by atoms with van der Waals surface area (Å²) in [6, 6.07) is 0. The summed E-state index contributed by atoms with van der Waals surface area (Å²) in [5.41, 5.74) is -0.794. The third-order valence-corrected chi connectivity index (χ3v) is 6.03. The maximum absolute atomic E-state index is 11.8. The first-order valence-corrected chi connectivity index (χ1v) is 7.28. The Morgan fingerprint density at radius 3 is 2.26 bits per heavy atom. The van der Waals surface area contributed by atoms with E-state index in [1.807, 2.05) is 0 Å². The van der Waals surface area contributed by atoms with E-state index in [1.165, 1.54) is 0 Å². The molecular weight excluding hydrogens is 244 g/mol. The van der Waals surface area contributed by atoms with E-state index in [9.17, 15) is 19.8 Å². The topological polar surface area (TPSA) is 74.6 Å². The molecule has 0 spiro atoms. The zero-order valence-corrected chi connectivity index (χ0v) is 11.4. The van der Waals surface area contributed by atoms with Gasteiger partial charge in [-0.25, -0.2) is 0 Å². The van der Waals surface area contributed by atoms with Crippen molar-refractivity contribution >= 4 is 11.9 Å². The number of carbonyl (C=O) groups is 2. The first-order valence-electron chi connectivity index (χ1n) is 7.28. The fraction of sp³-hybridized carbons (Fsp3) is 0.867. The molecule has 0 saturated heterocycles. The molecule has 4 nitrogen and oxygen atoms in total.